The fourth-order valence-electron chi connectivity index (χ4n) is 3.69. The number of hydrogen-bond acceptors (Lipinski definition) is 3. The number of nitrogens with one attached hydrogen (secondary N) is 2. The molecule has 2 amide bonds. The smallest absolute Gasteiger partial charge is 0.253 e. The maximum atomic E-state index is 12.4. The van der Waals surface area contributed by atoms with Crippen LogP contribution in [0.4, 0.5) is 5.69 Å². The van der Waals surface area contributed by atoms with E-state index in [1.807, 2.05) is 13.8 Å². The predicted octanol–water partition coefficient (Wildman–Crippen LogP) is 6.68. The third-order valence-electron chi connectivity index (χ3n) is 5.70. The van der Waals surface area contributed by atoms with Crippen LogP contribution in [0, 0.1) is 0 Å². The molecule has 0 aromatic heterocycles. The highest BCUT2D eigenvalue weighted by Gasteiger charge is 2.12. The van der Waals surface area contributed by atoms with Crippen molar-refractivity contribution in [2.75, 3.05) is 18.4 Å². The fourth-order valence-corrected chi connectivity index (χ4v) is 3.92. The highest BCUT2D eigenvalue weighted by Crippen LogP contribution is 2.13. The van der Waals surface area contributed by atoms with E-state index in [1.165, 1.54) is 57.8 Å². The maximum absolute atomic E-state index is 12.4. The summed E-state index contributed by atoms with van der Waals surface area (Å²) >= 11 is 5.24. The van der Waals surface area contributed by atoms with E-state index in [9.17, 15) is 9.59 Å². The molecule has 0 atom stereocenters. The van der Waals surface area contributed by atoms with Crippen molar-refractivity contribution in [2.45, 2.75) is 97.8 Å². The molecular weight excluding hydrogens is 418 g/mol. The number of nitrogens with zero attached hydrogens (tertiary/aromatic N) is 1. The van der Waals surface area contributed by atoms with E-state index in [0.717, 1.165) is 18.5 Å². The summed E-state index contributed by atoms with van der Waals surface area (Å²) in [5.41, 5.74) is 1.40. The van der Waals surface area contributed by atoms with Crippen molar-refractivity contribution in [2.24, 2.45) is 0 Å². The maximum Gasteiger partial charge on any atom is 0.253 e. The number of carbonyl (C=O) groups is 2. The van der Waals surface area contributed by atoms with Gasteiger partial charge in [0.15, 0.2) is 5.11 Å². The molecule has 0 aliphatic carbocycles. The van der Waals surface area contributed by atoms with Crippen molar-refractivity contribution in [3.8, 4) is 0 Å². The van der Waals surface area contributed by atoms with Crippen LogP contribution < -0.4 is 10.6 Å². The first-order chi connectivity index (χ1) is 15.5. The summed E-state index contributed by atoms with van der Waals surface area (Å²) in [5, 5.41) is 6.05. The van der Waals surface area contributed by atoms with E-state index >= 15 is 0 Å². The summed E-state index contributed by atoms with van der Waals surface area (Å²) in [6, 6.07) is 7.16. The summed E-state index contributed by atoms with van der Waals surface area (Å²) in [5.74, 6) is -0.0313. The Kier molecular flexibility index (Phi) is 15.4. The molecule has 0 spiro atoms. The first-order valence-electron chi connectivity index (χ1n) is 12.5. The molecule has 1 aromatic carbocycles. The van der Waals surface area contributed by atoms with Crippen molar-refractivity contribution in [3.05, 3.63) is 29.8 Å². The molecule has 5 nitrogen and oxygen atoms in total. The van der Waals surface area contributed by atoms with Gasteiger partial charge < -0.3 is 15.5 Å². The van der Waals surface area contributed by atoms with E-state index in [4.69, 9.17) is 12.2 Å². The summed E-state index contributed by atoms with van der Waals surface area (Å²) in [7, 11) is 0. The zero-order valence-corrected chi connectivity index (χ0v) is 21.2. The Morgan fingerprint density at radius 2 is 1.28 bits per heavy atom. The van der Waals surface area contributed by atoms with Gasteiger partial charge in [-0.1, -0.05) is 71.1 Å². The van der Waals surface area contributed by atoms with E-state index in [1.54, 1.807) is 29.2 Å². The third-order valence-corrected chi connectivity index (χ3v) is 5.90. The predicted molar refractivity (Wildman–Crippen MR) is 139 cm³/mol. The SMILES string of the molecule is CCCCCCCCCCCCCC(=O)NC(=S)Nc1ccc(C(=O)N(CC)CC)cc1. The Bertz CT molecular complexity index is 672. The first kappa shape index (κ1) is 28.1. The van der Waals surface area contributed by atoms with Gasteiger partial charge in [-0.25, -0.2) is 0 Å². The van der Waals surface area contributed by atoms with Gasteiger partial charge in [0.05, 0.1) is 0 Å². The number of carbonyl (C=O) groups excluding carboxylic acids is 2. The van der Waals surface area contributed by atoms with Gasteiger partial charge in [0.25, 0.3) is 5.91 Å². The van der Waals surface area contributed by atoms with Gasteiger partial charge in [-0.3, -0.25) is 9.59 Å². The highest BCUT2D eigenvalue weighted by atomic mass is 32.1. The molecule has 0 unspecified atom stereocenters. The molecule has 2 N–H and O–H groups in total. The normalized spacial score (nSPS) is 10.6. The molecule has 0 heterocycles. The monoisotopic (exact) mass is 461 g/mol. The number of thiocarbonyl (C=S) groups is 1. The van der Waals surface area contributed by atoms with Crippen LogP contribution in [0.1, 0.15) is 108 Å². The fraction of sp³-hybridized carbons (Fsp3) is 0.654. The molecule has 0 saturated heterocycles. The van der Waals surface area contributed by atoms with Gasteiger partial charge in [0, 0.05) is 30.8 Å². The molecule has 0 radical (unpaired) electrons. The van der Waals surface area contributed by atoms with Crippen LogP contribution >= 0.6 is 12.2 Å². The minimum Gasteiger partial charge on any atom is -0.339 e. The molecule has 0 bridgehead atoms. The number of rotatable bonds is 16. The second-order valence-electron chi connectivity index (χ2n) is 8.34. The average Bonchev–Trinajstić information content (AvgIpc) is 2.78. The number of unbranched alkanes of at least 4 members (excludes halogenated alkanes) is 10. The first-order valence-corrected chi connectivity index (χ1v) is 12.9. The molecule has 0 fully saturated rings. The zero-order chi connectivity index (χ0) is 23.6. The van der Waals surface area contributed by atoms with Crippen molar-refractivity contribution in [3.63, 3.8) is 0 Å². The van der Waals surface area contributed by atoms with Crippen LogP contribution in [-0.4, -0.2) is 34.9 Å². The molecule has 6 heteroatoms. The molecule has 0 aliphatic rings. The lowest BCUT2D eigenvalue weighted by atomic mass is 10.1. The van der Waals surface area contributed by atoms with Crippen LogP contribution in [0.3, 0.4) is 0 Å². The van der Waals surface area contributed by atoms with Crippen molar-refractivity contribution in [1.82, 2.24) is 10.2 Å². The average molecular weight is 462 g/mol. The van der Waals surface area contributed by atoms with Gasteiger partial charge in [0.1, 0.15) is 0 Å². The topological polar surface area (TPSA) is 61.4 Å². The number of hydrogen-bond donors (Lipinski definition) is 2. The van der Waals surface area contributed by atoms with Gasteiger partial charge >= 0.3 is 0 Å². The minimum atomic E-state index is -0.0493. The van der Waals surface area contributed by atoms with Gasteiger partial charge in [-0.2, -0.15) is 0 Å². The number of anilines is 1. The summed E-state index contributed by atoms with van der Waals surface area (Å²) in [6.07, 6.45) is 14.4. The second-order valence-corrected chi connectivity index (χ2v) is 8.75. The van der Waals surface area contributed by atoms with Gasteiger partial charge in [-0.15, -0.1) is 0 Å². The largest absolute Gasteiger partial charge is 0.339 e. The van der Waals surface area contributed by atoms with Crippen LogP contribution in [-0.2, 0) is 4.79 Å². The standard InChI is InChI=1S/C26H43N3O2S/c1-4-7-8-9-10-11-12-13-14-15-16-17-24(30)28-26(32)27-23-20-18-22(19-21-23)25(31)29(5-2)6-3/h18-21H,4-17H2,1-3H3,(H2,27,28,30,32). The van der Waals surface area contributed by atoms with Gasteiger partial charge in [-0.05, 0) is 56.8 Å². The Hall–Kier alpha value is -1.95. The van der Waals surface area contributed by atoms with E-state index in [0.29, 0.717) is 30.2 Å². The van der Waals surface area contributed by atoms with Crippen LogP contribution in [0.15, 0.2) is 24.3 Å². The number of benzene rings is 1. The summed E-state index contributed by atoms with van der Waals surface area (Å²) < 4.78 is 0. The van der Waals surface area contributed by atoms with Crippen molar-refractivity contribution >= 4 is 34.8 Å². The molecule has 32 heavy (non-hydrogen) atoms. The van der Waals surface area contributed by atoms with E-state index < -0.39 is 0 Å². The Morgan fingerprint density at radius 3 is 1.78 bits per heavy atom. The van der Waals surface area contributed by atoms with Crippen LogP contribution in [0.5, 0.6) is 0 Å². The summed E-state index contributed by atoms with van der Waals surface area (Å²) in [6.45, 7) is 7.56. The van der Waals surface area contributed by atoms with Crippen molar-refractivity contribution < 1.29 is 9.59 Å². The van der Waals surface area contributed by atoms with E-state index in [2.05, 4.69) is 17.6 Å². The minimum absolute atomic E-state index is 0.0180. The zero-order valence-electron chi connectivity index (χ0n) is 20.4. The van der Waals surface area contributed by atoms with Gasteiger partial charge in [0.2, 0.25) is 5.91 Å². The van der Waals surface area contributed by atoms with Crippen LogP contribution in [0.25, 0.3) is 0 Å². The molecule has 180 valence electrons. The van der Waals surface area contributed by atoms with E-state index in [-0.39, 0.29) is 11.8 Å². The molecular formula is C26H43N3O2S. The lowest BCUT2D eigenvalue weighted by Crippen LogP contribution is -2.34. The molecule has 1 aromatic rings. The molecule has 0 saturated carbocycles. The van der Waals surface area contributed by atoms with Crippen LogP contribution in [0.2, 0.25) is 0 Å². The summed E-state index contributed by atoms with van der Waals surface area (Å²) in [4.78, 5) is 26.2. The Labute approximate surface area is 200 Å². The number of amides is 2. The lowest BCUT2D eigenvalue weighted by Gasteiger charge is -2.18. The second kappa shape index (κ2) is 17.6. The van der Waals surface area contributed by atoms with Crippen molar-refractivity contribution in [1.29, 1.82) is 0 Å². The Balaban J connectivity index is 2.16. The quantitative estimate of drug-likeness (QED) is 0.213. The molecule has 1 rings (SSSR count). The third kappa shape index (κ3) is 12.2. The lowest BCUT2D eigenvalue weighted by molar-refractivity contribution is -0.119. The molecule has 0 aliphatic heterocycles. The highest BCUT2D eigenvalue weighted by molar-refractivity contribution is 7.80. The Morgan fingerprint density at radius 1 is 0.781 bits per heavy atom.